The lowest BCUT2D eigenvalue weighted by atomic mass is 9.49. The Hall–Kier alpha value is -2.84. The first-order chi connectivity index (χ1) is 19.2. The lowest BCUT2D eigenvalue weighted by molar-refractivity contribution is -0.137. The summed E-state index contributed by atoms with van der Waals surface area (Å²) in [4.78, 5) is 8.21. The van der Waals surface area contributed by atoms with Crippen LogP contribution >= 0.6 is 0 Å². The topological polar surface area (TPSA) is 105 Å². The van der Waals surface area contributed by atoms with Crippen molar-refractivity contribution in [3.05, 3.63) is 53.5 Å². The molecule has 41 heavy (non-hydrogen) atoms. The van der Waals surface area contributed by atoms with Gasteiger partial charge in [-0.2, -0.15) is 18.3 Å². The molecule has 3 heterocycles. The monoisotopic (exact) mass is 585 g/mol. The molecule has 3 aromatic rings. The summed E-state index contributed by atoms with van der Waals surface area (Å²) in [6.07, 6.45) is 1.49. The largest absolute Gasteiger partial charge is 0.419 e. The second-order valence-electron chi connectivity index (χ2n) is 11.9. The van der Waals surface area contributed by atoms with Crippen molar-refractivity contribution in [1.82, 2.24) is 29.4 Å². The van der Waals surface area contributed by atoms with Gasteiger partial charge in [0.05, 0.1) is 22.8 Å². The Balaban J connectivity index is 1.34. The molecule has 0 spiro atoms. The molecule has 2 aliphatic rings. The zero-order valence-electron chi connectivity index (χ0n) is 23.7. The predicted molar refractivity (Wildman–Crippen MR) is 160 cm³/mol. The molecule has 9 nitrogen and oxygen atoms in total. The molecule has 1 saturated carbocycles. The minimum atomic E-state index is -4.66. The zero-order valence-corrected chi connectivity index (χ0v) is 24.5. The van der Waals surface area contributed by atoms with Crippen LogP contribution in [0.25, 0.3) is 16.9 Å². The van der Waals surface area contributed by atoms with E-state index in [1.54, 1.807) is 4.68 Å². The van der Waals surface area contributed by atoms with E-state index in [1.807, 2.05) is 25.1 Å². The lowest BCUT2D eigenvalue weighted by Crippen LogP contribution is -2.46. The van der Waals surface area contributed by atoms with Crippen molar-refractivity contribution >= 4 is 39.5 Å². The number of halogens is 3. The quantitative estimate of drug-likeness (QED) is 0.356. The first-order valence-electron chi connectivity index (χ1n) is 13.8. The van der Waals surface area contributed by atoms with E-state index in [1.165, 1.54) is 16.7 Å². The fourth-order valence-corrected chi connectivity index (χ4v) is 6.79. The second kappa shape index (κ2) is 11.1. The van der Waals surface area contributed by atoms with Crippen molar-refractivity contribution < 1.29 is 21.6 Å². The number of alkyl halides is 3. The summed E-state index contributed by atoms with van der Waals surface area (Å²) in [7, 11) is 3.03. The molecule has 2 fully saturated rings. The molecule has 1 aliphatic carbocycles. The van der Waals surface area contributed by atoms with E-state index in [-0.39, 0.29) is 33.7 Å². The van der Waals surface area contributed by atoms with Gasteiger partial charge in [0.15, 0.2) is 0 Å². The summed E-state index contributed by atoms with van der Waals surface area (Å²) in [5, 5.41) is 10.6. The zero-order chi connectivity index (χ0) is 29.6. The summed E-state index contributed by atoms with van der Waals surface area (Å²) >= 11 is 0. The van der Waals surface area contributed by atoms with Crippen molar-refractivity contribution in [2.45, 2.75) is 61.9 Å². The number of sulfonamides is 1. The number of piperidine rings is 1. The highest BCUT2D eigenvalue weighted by Gasteiger charge is 2.41. The third-order valence-electron chi connectivity index (χ3n) is 7.37. The molecule has 0 amide bonds. The number of nitrogens with one attached hydrogen (secondary N) is 2. The minimum absolute atomic E-state index is 0.0288. The summed E-state index contributed by atoms with van der Waals surface area (Å²) in [6.45, 7) is 3.35. The minimum Gasteiger partial charge on any atom is -0.351 e. The molecule has 0 radical (unpaired) electrons. The van der Waals surface area contributed by atoms with Gasteiger partial charge in [-0.15, -0.1) is 0 Å². The molecule has 1 aromatic carbocycles. The number of anilines is 1. The molecule has 1 aliphatic heterocycles. The third kappa shape index (κ3) is 6.98. The Labute approximate surface area is 241 Å². The van der Waals surface area contributed by atoms with Crippen molar-refractivity contribution in [2.75, 3.05) is 18.4 Å². The Morgan fingerprint density at radius 2 is 1.78 bits per heavy atom. The van der Waals surface area contributed by atoms with E-state index in [4.69, 9.17) is 0 Å². The fourth-order valence-electron chi connectivity index (χ4n) is 4.92. The molecule has 0 atom stereocenters. The van der Waals surface area contributed by atoms with Crippen LogP contribution in [0.1, 0.15) is 42.4 Å². The second-order valence-corrected chi connectivity index (χ2v) is 14.1. The van der Waals surface area contributed by atoms with Crippen LogP contribution in [0.4, 0.5) is 19.1 Å². The molecule has 216 valence electrons. The summed E-state index contributed by atoms with van der Waals surface area (Å²) in [5.41, 5.74) is 1.78. The molecular weight excluding hydrogens is 552 g/mol. The first kappa shape index (κ1) is 29.7. The number of hydrogen-bond acceptors (Lipinski definition) is 7. The average molecular weight is 585 g/mol. The Morgan fingerprint density at radius 3 is 2.39 bits per heavy atom. The van der Waals surface area contributed by atoms with E-state index < -0.39 is 21.8 Å². The molecule has 1 saturated heterocycles. The van der Waals surface area contributed by atoms with Crippen LogP contribution in [0.15, 0.2) is 36.8 Å². The number of aryl methyl sites for hydroxylation is 1. The number of nitrogens with zero attached hydrogens (tertiary/aromatic N) is 5. The SMILES string of the molecule is BC(B)(B)NCc1ccc(-n2cc(-c3nc(NC4CCN(S(=O)(=O)C5CC5)CC4)ncc3C(F)(F)F)cn2)c(C)c1. The predicted octanol–water partition coefficient (Wildman–Crippen LogP) is 0.625. The number of aromatic nitrogens is 4. The van der Waals surface area contributed by atoms with Gasteiger partial charge in [-0.1, -0.05) is 17.4 Å². The van der Waals surface area contributed by atoms with E-state index in [9.17, 15) is 21.6 Å². The summed E-state index contributed by atoms with van der Waals surface area (Å²) in [6, 6.07) is 5.75. The van der Waals surface area contributed by atoms with Crippen LogP contribution in [-0.2, 0) is 22.7 Å². The molecule has 0 bridgehead atoms. The van der Waals surface area contributed by atoms with Gasteiger partial charge in [-0.25, -0.2) is 27.4 Å². The number of benzene rings is 1. The van der Waals surface area contributed by atoms with Crippen LogP contribution in [0, 0.1) is 6.92 Å². The molecule has 0 unspecified atom stereocenters. The van der Waals surface area contributed by atoms with Crippen molar-refractivity contribution in [1.29, 1.82) is 0 Å². The average Bonchev–Trinajstić information content (AvgIpc) is 3.65. The van der Waals surface area contributed by atoms with E-state index in [0.717, 1.165) is 23.0 Å². The molecule has 2 N–H and O–H groups in total. The molecule has 16 heteroatoms. The lowest BCUT2D eigenvalue weighted by Gasteiger charge is -2.31. The van der Waals surface area contributed by atoms with Gasteiger partial charge >= 0.3 is 6.18 Å². The van der Waals surface area contributed by atoms with Gasteiger partial charge in [0.1, 0.15) is 29.1 Å². The maximum Gasteiger partial charge on any atom is 0.419 e. The van der Waals surface area contributed by atoms with Crippen LogP contribution in [0.2, 0.25) is 0 Å². The van der Waals surface area contributed by atoms with Crippen molar-refractivity contribution in [2.24, 2.45) is 0 Å². The fraction of sp³-hybridized carbons (Fsp3) is 0.480. The van der Waals surface area contributed by atoms with Crippen LogP contribution in [0.5, 0.6) is 0 Å². The summed E-state index contributed by atoms with van der Waals surface area (Å²) in [5.74, 6) is 0.0659. The Morgan fingerprint density at radius 1 is 1.07 bits per heavy atom. The summed E-state index contributed by atoms with van der Waals surface area (Å²) < 4.78 is 70.0. The highest BCUT2D eigenvalue weighted by Crippen LogP contribution is 2.37. The van der Waals surface area contributed by atoms with Gasteiger partial charge in [0.2, 0.25) is 16.0 Å². The first-order valence-corrected chi connectivity index (χ1v) is 15.3. The molecule has 5 rings (SSSR count). The van der Waals surface area contributed by atoms with Gasteiger partial charge in [0.25, 0.3) is 0 Å². The van der Waals surface area contributed by atoms with Gasteiger partial charge < -0.3 is 10.6 Å². The Bertz CT molecular complexity index is 1520. The third-order valence-corrected chi connectivity index (χ3v) is 9.77. The van der Waals surface area contributed by atoms with E-state index in [0.29, 0.717) is 45.3 Å². The standard InChI is InChI=1S/C25H33B3F3N7O2S/c1-15-10-16(11-33-25(26,27)28)2-5-21(15)38-14-17(12-34-38)22-20(24(29,30)31)13-32-23(36-22)35-18-6-8-37(9-7-18)41(39,40)19-3-4-19/h2,5,10,12-14,18-19,33H,3-4,6-9,11,26-28H2,1H3,(H,32,35,36). The molecule has 2 aromatic heterocycles. The number of hydrogen-bond donors (Lipinski definition) is 2. The van der Waals surface area contributed by atoms with E-state index in [2.05, 4.69) is 49.2 Å². The molecular formula is C25H33B3F3N7O2S. The highest BCUT2D eigenvalue weighted by molar-refractivity contribution is 7.90. The van der Waals surface area contributed by atoms with E-state index >= 15 is 0 Å². The van der Waals surface area contributed by atoms with Crippen LogP contribution in [-0.4, -0.2) is 85.6 Å². The number of rotatable bonds is 9. The smallest absolute Gasteiger partial charge is 0.351 e. The van der Waals surface area contributed by atoms with Gasteiger partial charge in [-0.05, 0) is 49.8 Å². The van der Waals surface area contributed by atoms with Crippen molar-refractivity contribution in [3.63, 3.8) is 0 Å². The van der Waals surface area contributed by atoms with Crippen molar-refractivity contribution in [3.8, 4) is 16.9 Å². The maximum absolute atomic E-state index is 13.9. The Kier molecular flexibility index (Phi) is 8.03. The normalized spacial score (nSPS) is 17.6. The highest BCUT2D eigenvalue weighted by atomic mass is 32.2. The van der Waals surface area contributed by atoms with Crippen LogP contribution in [0.3, 0.4) is 0 Å². The van der Waals surface area contributed by atoms with Crippen LogP contribution < -0.4 is 10.6 Å². The van der Waals surface area contributed by atoms with Gasteiger partial charge in [0, 0.05) is 43.6 Å². The maximum atomic E-state index is 13.9. The van der Waals surface area contributed by atoms with Gasteiger partial charge in [-0.3, -0.25) is 0 Å².